The average Bonchev–Trinajstić information content (AvgIpc) is 3.05. The zero-order chi connectivity index (χ0) is 13.5. The molecule has 2 rings (SSSR count). The van der Waals surface area contributed by atoms with Gasteiger partial charge in [0.2, 0.25) is 11.8 Å². The second-order valence-electron chi connectivity index (χ2n) is 6.77. The molecule has 2 unspecified atom stereocenters. The Kier molecular flexibility index (Phi) is 3.39. The maximum Gasteiger partial charge on any atom is 0.246 e. The third-order valence-corrected chi connectivity index (χ3v) is 3.65. The summed E-state index contributed by atoms with van der Waals surface area (Å²) >= 11 is 0. The number of rotatable bonds is 3. The fourth-order valence-electron chi connectivity index (χ4n) is 2.64. The SMILES string of the molecule is CCC1C(=O)NC(C2CC2)C(=O)N1CC(C)(C)C. The molecule has 2 atom stereocenters. The Balaban J connectivity index is 2.18. The molecule has 1 saturated carbocycles. The van der Waals surface area contributed by atoms with Crippen molar-refractivity contribution < 1.29 is 9.59 Å². The molecule has 2 aliphatic rings. The summed E-state index contributed by atoms with van der Waals surface area (Å²) in [6.07, 6.45) is 2.82. The van der Waals surface area contributed by atoms with E-state index in [1.807, 2.05) is 11.8 Å². The van der Waals surface area contributed by atoms with Crippen LogP contribution in [0.1, 0.15) is 47.0 Å². The van der Waals surface area contributed by atoms with E-state index in [9.17, 15) is 9.59 Å². The lowest BCUT2D eigenvalue weighted by molar-refractivity contribution is -0.151. The van der Waals surface area contributed by atoms with Gasteiger partial charge in [0.05, 0.1) is 0 Å². The summed E-state index contributed by atoms with van der Waals surface area (Å²) < 4.78 is 0. The summed E-state index contributed by atoms with van der Waals surface area (Å²) in [7, 11) is 0. The van der Waals surface area contributed by atoms with E-state index in [2.05, 4.69) is 26.1 Å². The first-order valence-corrected chi connectivity index (χ1v) is 6.94. The van der Waals surface area contributed by atoms with Crippen LogP contribution in [-0.4, -0.2) is 35.3 Å². The Bertz CT molecular complexity index is 355. The second kappa shape index (κ2) is 4.56. The molecule has 0 bridgehead atoms. The highest BCUT2D eigenvalue weighted by atomic mass is 16.2. The number of carbonyl (C=O) groups is 2. The topological polar surface area (TPSA) is 49.4 Å². The van der Waals surface area contributed by atoms with E-state index in [-0.39, 0.29) is 29.3 Å². The van der Waals surface area contributed by atoms with Gasteiger partial charge in [-0.3, -0.25) is 9.59 Å². The predicted molar refractivity (Wildman–Crippen MR) is 69.9 cm³/mol. The van der Waals surface area contributed by atoms with Crippen molar-refractivity contribution >= 4 is 11.8 Å². The van der Waals surface area contributed by atoms with Crippen LogP contribution in [0.25, 0.3) is 0 Å². The van der Waals surface area contributed by atoms with Crippen molar-refractivity contribution in [3.8, 4) is 0 Å². The molecule has 1 aliphatic carbocycles. The van der Waals surface area contributed by atoms with E-state index in [1.165, 1.54) is 0 Å². The number of hydrogen-bond donors (Lipinski definition) is 1. The monoisotopic (exact) mass is 252 g/mol. The first-order valence-electron chi connectivity index (χ1n) is 6.94. The lowest BCUT2D eigenvalue weighted by Gasteiger charge is -2.41. The molecule has 102 valence electrons. The molecule has 0 aromatic heterocycles. The van der Waals surface area contributed by atoms with E-state index in [0.29, 0.717) is 18.9 Å². The Labute approximate surface area is 109 Å². The van der Waals surface area contributed by atoms with E-state index in [0.717, 1.165) is 12.8 Å². The first-order chi connectivity index (χ1) is 8.33. The number of nitrogens with one attached hydrogen (secondary N) is 1. The van der Waals surface area contributed by atoms with Gasteiger partial charge in [-0.05, 0) is 30.6 Å². The number of carbonyl (C=O) groups excluding carboxylic acids is 2. The first kappa shape index (κ1) is 13.4. The highest BCUT2D eigenvalue weighted by Crippen LogP contribution is 2.35. The minimum absolute atomic E-state index is 0.0226. The lowest BCUT2D eigenvalue weighted by Crippen LogP contribution is -2.64. The summed E-state index contributed by atoms with van der Waals surface area (Å²) in [4.78, 5) is 26.4. The molecule has 1 aliphatic heterocycles. The van der Waals surface area contributed by atoms with Gasteiger partial charge >= 0.3 is 0 Å². The second-order valence-corrected chi connectivity index (χ2v) is 6.77. The molecule has 0 aromatic carbocycles. The van der Waals surface area contributed by atoms with Gasteiger partial charge in [-0.15, -0.1) is 0 Å². The van der Waals surface area contributed by atoms with E-state index >= 15 is 0 Å². The fraction of sp³-hybridized carbons (Fsp3) is 0.857. The molecule has 0 aromatic rings. The summed E-state index contributed by atoms with van der Waals surface area (Å²) in [6.45, 7) is 8.93. The summed E-state index contributed by atoms with van der Waals surface area (Å²) in [5, 5.41) is 2.91. The van der Waals surface area contributed by atoms with Crippen molar-refractivity contribution in [2.75, 3.05) is 6.54 Å². The van der Waals surface area contributed by atoms with Gasteiger partial charge in [0.25, 0.3) is 0 Å². The highest BCUT2D eigenvalue weighted by Gasteiger charge is 2.46. The highest BCUT2D eigenvalue weighted by molar-refractivity contribution is 5.97. The standard InChI is InChI=1S/C14H24N2O2/c1-5-10-12(17)15-11(9-6-7-9)13(18)16(10)8-14(2,3)4/h9-11H,5-8H2,1-4H3,(H,15,17). The number of nitrogens with zero attached hydrogens (tertiary/aromatic N) is 1. The third-order valence-electron chi connectivity index (χ3n) is 3.65. The lowest BCUT2D eigenvalue weighted by atomic mass is 9.92. The summed E-state index contributed by atoms with van der Waals surface area (Å²) in [6, 6.07) is -0.547. The Morgan fingerprint density at radius 2 is 1.89 bits per heavy atom. The normalized spacial score (nSPS) is 29.4. The third kappa shape index (κ3) is 2.68. The summed E-state index contributed by atoms with van der Waals surface area (Å²) in [5.74, 6) is 0.527. The number of amides is 2. The Morgan fingerprint density at radius 3 is 2.33 bits per heavy atom. The van der Waals surface area contributed by atoms with E-state index in [1.54, 1.807) is 0 Å². The molecule has 4 nitrogen and oxygen atoms in total. The maximum absolute atomic E-state index is 12.5. The van der Waals surface area contributed by atoms with Crippen molar-refractivity contribution in [3.63, 3.8) is 0 Å². The van der Waals surface area contributed by atoms with Crippen LogP contribution in [0, 0.1) is 11.3 Å². The largest absolute Gasteiger partial charge is 0.342 e. The van der Waals surface area contributed by atoms with Gasteiger partial charge in [0, 0.05) is 6.54 Å². The van der Waals surface area contributed by atoms with E-state index < -0.39 is 0 Å². The van der Waals surface area contributed by atoms with Crippen LogP contribution >= 0.6 is 0 Å². The molecule has 0 spiro atoms. The van der Waals surface area contributed by atoms with Crippen LogP contribution in [-0.2, 0) is 9.59 Å². The van der Waals surface area contributed by atoms with Gasteiger partial charge in [-0.25, -0.2) is 0 Å². The molecule has 1 heterocycles. The van der Waals surface area contributed by atoms with Crippen LogP contribution in [0.3, 0.4) is 0 Å². The molecule has 4 heteroatoms. The van der Waals surface area contributed by atoms with E-state index in [4.69, 9.17) is 0 Å². The van der Waals surface area contributed by atoms with Crippen LogP contribution < -0.4 is 5.32 Å². The Hall–Kier alpha value is -1.06. The number of piperazine rings is 1. The van der Waals surface area contributed by atoms with Crippen molar-refractivity contribution in [2.45, 2.75) is 59.0 Å². The minimum atomic E-state index is -0.285. The average molecular weight is 252 g/mol. The van der Waals surface area contributed by atoms with Gasteiger partial charge in [-0.2, -0.15) is 0 Å². The molecule has 2 fully saturated rings. The van der Waals surface area contributed by atoms with Gasteiger partial charge < -0.3 is 10.2 Å². The number of hydrogen-bond acceptors (Lipinski definition) is 2. The predicted octanol–water partition coefficient (Wildman–Crippen LogP) is 1.55. The molecule has 0 radical (unpaired) electrons. The summed E-state index contributed by atoms with van der Waals surface area (Å²) in [5.41, 5.74) is 0.0226. The quantitative estimate of drug-likeness (QED) is 0.828. The molecule has 1 saturated heterocycles. The van der Waals surface area contributed by atoms with Gasteiger partial charge in [-0.1, -0.05) is 27.7 Å². The molecular formula is C14H24N2O2. The van der Waals surface area contributed by atoms with Crippen LogP contribution in [0.2, 0.25) is 0 Å². The van der Waals surface area contributed by atoms with Crippen LogP contribution in [0.4, 0.5) is 0 Å². The molecular weight excluding hydrogens is 228 g/mol. The maximum atomic E-state index is 12.5. The van der Waals surface area contributed by atoms with Gasteiger partial charge in [0.15, 0.2) is 0 Å². The molecule has 18 heavy (non-hydrogen) atoms. The fourth-order valence-corrected chi connectivity index (χ4v) is 2.64. The minimum Gasteiger partial charge on any atom is -0.342 e. The van der Waals surface area contributed by atoms with Crippen molar-refractivity contribution in [1.82, 2.24) is 10.2 Å². The van der Waals surface area contributed by atoms with Crippen molar-refractivity contribution in [3.05, 3.63) is 0 Å². The molecule has 2 amide bonds. The Morgan fingerprint density at radius 1 is 1.28 bits per heavy atom. The van der Waals surface area contributed by atoms with Gasteiger partial charge in [0.1, 0.15) is 12.1 Å². The van der Waals surface area contributed by atoms with Crippen molar-refractivity contribution in [1.29, 1.82) is 0 Å². The zero-order valence-electron chi connectivity index (χ0n) is 11.8. The molecule has 1 N–H and O–H groups in total. The van der Waals surface area contributed by atoms with Crippen LogP contribution in [0.5, 0.6) is 0 Å². The van der Waals surface area contributed by atoms with Crippen LogP contribution in [0.15, 0.2) is 0 Å². The van der Waals surface area contributed by atoms with Crippen molar-refractivity contribution in [2.24, 2.45) is 11.3 Å². The zero-order valence-corrected chi connectivity index (χ0v) is 11.8. The smallest absolute Gasteiger partial charge is 0.246 e.